The quantitative estimate of drug-likeness (QED) is 0.613. The van der Waals surface area contributed by atoms with Crippen LogP contribution in [0.15, 0.2) is 23.1 Å². The van der Waals surface area contributed by atoms with Crippen molar-refractivity contribution in [1.29, 1.82) is 5.26 Å². The lowest BCUT2D eigenvalue weighted by molar-refractivity contribution is -0.128. The van der Waals surface area contributed by atoms with Crippen LogP contribution in [0.25, 0.3) is 0 Å². The Kier molecular flexibility index (Phi) is 5.44. The minimum Gasteiger partial charge on any atom is -0.368 e. The number of fused-ring (bicyclic) bond motifs is 2. The minimum atomic E-state index is -3.52. The van der Waals surface area contributed by atoms with Crippen LogP contribution in [0.1, 0.15) is 52.0 Å². The number of carbonyl (C=O) groups excluding carboxylic acids is 1. The van der Waals surface area contributed by atoms with Crippen LogP contribution in [0.5, 0.6) is 0 Å². The summed E-state index contributed by atoms with van der Waals surface area (Å²) in [5.41, 5.74) is 4.54. The van der Waals surface area contributed by atoms with E-state index in [1.54, 1.807) is 12.1 Å². The zero-order chi connectivity index (χ0) is 23.5. The van der Waals surface area contributed by atoms with Crippen molar-refractivity contribution in [3.8, 4) is 6.07 Å². The molecule has 0 radical (unpaired) electrons. The van der Waals surface area contributed by atoms with Gasteiger partial charge in [0.1, 0.15) is 6.17 Å². The number of hydrogen-bond donors (Lipinski definition) is 3. The smallest absolute Gasteiger partial charge is 0.244 e. The van der Waals surface area contributed by atoms with Crippen molar-refractivity contribution in [3.63, 3.8) is 0 Å². The Labute approximate surface area is 195 Å². The lowest BCUT2D eigenvalue weighted by Gasteiger charge is -2.35. The Morgan fingerprint density at radius 3 is 2.70 bits per heavy atom. The van der Waals surface area contributed by atoms with Crippen LogP contribution >= 0.6 is 0 Å². The minimum absolute atomic E-state index is 0.00731. The van der Waals surface area contributed by atoms with Gasteiger partial charge in [0, 0.05) is 36.4 Å². The first-order chi connectivity index (χ1) is 15.6. The van der Waals surface area contributed by atoms with E-state index in [9.17, 15) is 18.5 Å². The maximum Gasteiger partial charge on any atom is 0.244 e. The summed E-state index contributed by atoms with van der Waals surface area (Å²) in [5, 5.41) is 18.2. The first-order valence-corrected chi connectivity index (χ1v) is 13.2. The monoisotopic (exact) mass is 472 g/mol. The number of hydrogen-bond acceptors (Lipinski definition) is 7. The van der Waals surface area contributed by atoms with E-state index in [2.05, 4.69) is 27.1 Å². The molecular formula is C23H32N6O3S. The molecule has 0 bridgehead atoms. The van der Waals surface area contributed by atoms with E-state index in [4.69, 9.17) is 0 Å². The molecule has 1 saturated carbocycles. The summed E-state index contributed by atoms with van der Waals surface area (Å²) < 4.78 is 27.5. The second kappa shape index (κ2) is 7.94. The van der Waals surface area contributed by atoms with Gasteiger partial charge in [-0.05, 0) is 63.8 Å². The van der Waals surface area contributed by atoms with Crippen molar-refractivity contribution in [3.05, 3.63) is 23.8 Å². The van der Waals surface area contributed by atoms with Crippen LogP contribution in [0.3, 0.4) is 0 Å². The highest BCUT2D eigenvalue weighted by atomic mass is 32.2. The SMILES string of the molecule is CC(C)(C)N1Cc2cc(NC3NN([C@H]4CCC[C@@H]4C#N)C4CCNC(=O)C34)ccc2S1(=O)=O. The number of benzene rings is 1. The van der Waals surface area contributed by atoms with Gasteiger partial charge in [0.25, 0.3) is 0 Å². The van der Waals surface area contributed by atoms with E-state index < -0.39 is 15.6 Å². The second-order valence-corrected chi connectivity index (χ2v) is 12.4. The third kappa shape index (κ3) is 3.71. The standard InChI is InChI=1S/C23H32N6O3S/c1-23(2,3)28-13-15-11-16(7-8-19(15)33(28,31)32)26-21-20-18(9-10-25-22(20)30)29(27-21)17-6-4-5-14(17)12-24/h7-8,11,14,17-18,20-21,26-27H,4-6,9-10,13H2,1-3H3,(H,25,30)/t14-,17+,18?,20?,21?/m1/s1. The fraction of sp³-hybridized carbons (Fsp3) is 0.652. The van der Waals surface area contributed by atoms with Crippen molar-refractivity contribution < 1.29 is 13.2 Å². The molecule has 3 heterocycles. The fourth-order valence-electron chi connectivity index (χ4n) is 5.91. The summed E-state index contributed by atoms with van der Waals surface area (Å²) in [6.07, 6.45) is 3.36. The molecule has 2 saturated heterocycles. The van der Waals surface area contributed by atoms with E-state index in [1.165, 1.54) is 4.31 Å². The van der Waals surface area contributed by atoms with Crippen LogP contribution in [-0.4, -0.2) is 54.0 Å². The van der Waals surface area contributed by atoms with Crippen molar-refractivity contribution in [1.82, 2.24) is 20.1 Å². The lowest BCUT2D eigenvalue weighted by atomic mass is 9.90. The average Bonchev–Trinajstić information content (AvgIpc) is 3.42. The zero-order valence-electron chi connectivity index (χ0n) is 19.3. The van der Waals surface area contributed by atoms with E-state index >= 15 is 0 Å². The van der Waals surface area contributed by atoms with Gasteiger partial charge in [-0.15, -0.1) is 0 Å². The van der Waals surface area contributed by atoms with Gasteiger partial charge in [-0.3, -0.25) is 4.79 Å². The Hall–Kier alpha value is -2.19. The molecule has 5 atom stereocenters. The predicted molar refractivity (Wildman–Crippen MR) is 123 cm³/mol. The number of hydrazine groups is 1. The molecule has 1 amide bonds. The summed E-state index contributed by atoms with van der Waals surface area (Å²) in [6, 6.07) is 7.90. The first kappa shape index (κ1) is 22.6. The highest BCUT2D eigenvalue weighted by molar-refractivity contribution is 7.89. The second-order valence-electron chi connectivity index (χ2n) is 10.6. The molecule has 0 aromatic heterocycles. The molecule has 5 rings (SSSR count). The molecule has 3 aliphatic heterocycles. The van der Waals surface area contributed by atoms with Crippen molar-refractivity contribution >= 4 is 21.6 Å². The van der Waals surface area contributed by atoms with Gasteiger partial charge < -0.3 is 10.6 Å². The third-order valence-corrected chi connectivity index (χ3v) is 9.69. The van der Waals surface area contributed by atoms with Crippen LogP contribution in [-0.2, 0) is 21.4 Å². The van der Waals surface area contributed by atoms with Gasteiger partial charge in [-0.25, -0.2) is 18.9 Å². The normalized spacial score (nSPS) is 33.9. The van der Waals surface area contributed by atoms with Crippen LogP contribution in [0, 0.1) is 23.2 Å². The number of rotatable bonds is 3. The van der Waals surface area contributed by atoms with Gasteiger partial charge >= 0.3 is 0 Å². The van der Waals surface area contributed by atoms with Gasteiger partial charge in [0.15, 0.2) is 0 Å². The third-order valence-electron chi connectivity index (χ3n) is 7.48. The molecule has 33 heavy (non-hydrogen) atoms. The van der Waals surface area contributed by atoms with Gasteiger partial charge in [0.2, 0.25) is 15.9 Å². The Morgan fingerprint density at radius 2 is 1.97 bits per heavy atom. The largest absolute Gasteiger partial charge is 0.368 e. The number of nitrogens with one attached hydrogen (secondary N) is 3. The number of nitriles is 1. The predicted octanol–water partition coefficient (Wildman–Crippen LogP) is 1.74. The number of piperidine rings is 1. The number of sulfonamides is 1. The molecule has 0 spiro atoms. The van der Waals surface area contributed by atoms with E-state index in [0.29, 0.717) is 18.0 Å². The maximum absolute atomic E-state index is 13.0. The lowest BCUT2D eigenvalue weighted by Crippen LogP contribution is -2.52. The zero-order valence-corrected chi connectivity index (χ0v) is 20.2. The molecule has 9 nitrogen and oxygen atoms in total. The van der Waals surface area contributed by atoms with Crippen molar-refractivity contribution in [2.75, 3.05) is 11.9 Å². The summed E-state index contributed by atoms with van der Waals surface area (Å²) in [7, 11) is -3.52. The molecule has 1 aromatic carbocycles. The maximum atomic E-state index is 13.0. The fourth-order valence-corrected chi connectivity index (χ4v) is 7.87. The molecule has 10 heteroatoms. The van der Waals surface area contributed by atoms with Crippen LogP contribution in [0.4, 0.5) is 5.69 Å². The van der Waals surface area contributed by atoms with Gasteiger partial charge in [-0.2, -0.15) is 9.57 Å². The van der Waals surface area contributed by atoms with E-state index in [-0.39, 0.29) is 36.0 Å². The molecule has 1 aromatic rings. The van der Waals surface area contributed by atoms with Crippen LogP contribution < -0.4 is 16.1 Å². The number of carbonyl (C=O) groups is 1. The summed E-state index contributed by atoms with van der Waals surface area (Å²) in [6.45, 7) is 6.65. The summed E-state index contributed by atoms with van der Waals surface area (Å²) in [5.74, 6) is -0.315. The average molecular weight is 473 g/mol. The topological polar surface area (TPSA) is 118 Å². The molecule has 3 fully saturated rings. The first-order valence-electron chi connectivity index (χ1n) is 11.8. The van der Waals surface area contributed by atoms with Crippen LogP contribution in [0.2, 0.25) is 0 Å². The Balaban J connectivity index is 1.41. The molecule has 178 valence electrons. The van der Waals surface area contributed by atoms with Crippen molar-refractivity contribution in [2.24, 2.45) is 11.8 Å². The Morgan fingerprint density at radius 1 is 1.18 bits per heavy atom. The van der Waals surface area contributed by atoms with Crippen molar-refractivity contribution in [2.45, 2.75) is 81.7 Å². The van der Waals surface area contributed by atoms with E-state index in [0.717, 1.165) is 36.9 Å². The van der Waals surface area contributed by atoms with Gasteiger partial charge in [-0.1, -0.05) is 6.42 Å². The van der Waals surface area contributed by atoms with Gasteiger partial charge in [0.05, 0.1) is 22.8 Å². The number of anilines is 1. The molecule has 1 aliphatic carbocycles. The molecular weight excluding hydrogens is 440 g/mol. The van der Waals surface area contributed by atoms with E-state index in [1.807, 2.05) is 26.8 Å². The summed E-state index contributed by atoms with van der Waals surface area (Å²) >= 11 is 0. The number of amides is 1. The summed E-state index contributed by atoms with van der Waals surface area (Å²) in [4.78, 5) is 13.2. The number of nitrogens with zero attached hydrogens (tertiary/aromatic N) is 3. The molecule has 3 unspecified atom stereocenters. The molecule has 3 N–H and O–H groups in total. The highest BCUT2D eigenvalue weighted by Gasteiger charge is 2.51. The Bertz CT molecular complexity index is 1110. The highest BCUT2D eigenvalue weighted by Crippen LogP contribution is 2.39. The molecule has 4 aliphatic rings.